The van der Waals surface area contributed by atoms with Crippen LogP contribution in [-0.2, 0) is 11.2 Å². The molecule has 0 saturated carbocycles. The van der Waals surface area contributed by atoms with Crippen LogP contribution in [0.15, 0.2) is 17.5 Å². The minimum atomic E-state index is -0.0325. The van der Waals surface area contributed by atoms with Crippen molar-refractivity contribution in [2.75, 3.05) is 19.6 Å². The molecule has 1 aromatic rings. The zero-order chi connectivity index (χ0) is 14.4. The van der Waals surface area contributed by atoms with Crippen LogP contribution in [0, 0.1) is 0 Å². The van der Waals surface area contributed by atoms with Crippen molar-refractivity contribution < 1.29 is 9.59 Å². The normalized spacial score (nSPS) is 18.6. The van der Waals surface area contributed by atoms with Crippen molar-refractivity contribution in [3.8, 4) is 0 Å². The summed E-state index contributed by atoms with van der Waals surface area (Å²) in [7, 11) is 0. The number of rotatable bonds is 4. The van der Waals surface area contributed by atoms with Gasteiger partial charge in [0.25, 0.3) is 0 Å². The molecule has 6 heteroatoms. The average Bonchev–Trinajstić information content (AvgIpc) is 2.91. The number of piperidine rings is 1. The minimum absolute atomic E-state index is 0.0309. The van der Waals surface area contributed by atoms with E-state index >= 15 is 0 Å². The van der Waals surface area contributed by atoms with E-state index in [0.717, 1.165) is 25.8 Å². The van der Waals surface area contributed by atoms with Crippen molar-refractivity contribution in [1.82, 2.24) is 15.5 Å². The van der Waals surface area contributed by atoms with Crippen molar-refractivity contribution in [3.05, 3.63) is 22.4 Å². The van der Waals surface area contributed by atoms with Crippen molar-refractivity contribution in [1.29, 1.82) is 0 Å². The SMILES string of the molecule is CC(=O)N[C@H]1CCCN(C(=O)NCCc2cccs2)C1. The van der Waals surface area contributed by atoms with E-state index < -0.39 is 0 Å². The molecule has 110 valence electrons. The predicted molar refractivity (Wildman–Crippen MR) is 79.8 cm³/mol. The van der Waals surface area contributed by atoms with Crippen LogP contribution in [-0.4, -0.2) is 42.5 Å². The van der Waals surface area contributed by atoms with Crippen molar-refractivity contribution in [3.63, 3.8) is 0 Å². The summed E-state index contributed by atoms with van der Waals surface area (Å²) in [5, 5.41) is 7.87. The Labute approximate surface area is 123 Å². The maximum absolute atomic E-state index is 12.1. The number of amides is 3. The fourth-order valence-electron chi connectivity index (χ4n) is 2.43. The third-order valence-electron chi connectivity index (χ3n) is 3.34. The second-order valence-electron chi connectivity index (χ2n) is 5.05. The van der Waals surface area contributed by atoms with E-state index in [2.05, 4.69) is 16.7 Å². The maximum Gasteiger partial charge on any atom is 0.317 e. The van der Waals surface area contributed by atoms with Gasteiger partial charge >= 0.3 is 6.03 Å². The van der Waals surface area contributed by atoms with Crippen LogP contribution in [0.1, 0.15) is 24.6 Å². The molecule has 1 aromatic heterocycles. The molecule has 0 aromatic carbocycles. The predicted octanol–water partition coefficient (Wildman–Crippen LogP) is 1.60. The smallest absolute Gasteiger partial charge is 0.317 e. The summed E-state index contributed by atoms with van der Waals surface area (Å²) in [5.41, 5.74) is 0. The average molecular weight is 295 g/mol. The van der Waals surface area contributed by atoms with Gasteiger partial charge in [-0.05, 0) is 30.7 Å². The molecule has 1 fully saturated rings. The van der Waals surface area contributed by atoms with E-state index in [1.54, 1.807) is 16.2 Å². The molecule has 1 aliphatic heterocycles. The van der Waals surface area contributed by atoms with E-state index in [4.69, 9.17) is 0 Å². The van der Waals surface area contributed by atoms with Gasteiger partial charge in [0.2, 0.25) is 5.91 Å². The number of likely N-dealkylation sites (tertiary alicyclic amines) is 1. The van der Waals surface area contributed by atoms with E-state index in [9.17, 15) is 9.59 Å². The summed E-state index contributed by atoms with van der Waals surface area (Å²) in [6.45, 7) is 3.53. The zero-order valence-corrected chi connectivity index (χ0v) is 12.5. The molecule has 0 bridgehead atoms. The summed E-state index contributed by atoms with van der Waals surface area (Å²) in [5.74, 6) is -0.0325. The molecule has 2 N–H and O–H groups in total. The van der Waals surface area contributed by atoms with Gasteiger partial charge in [0.15, 0.2) is 0 Å². The van der Waals surface area contributed by atoms with E-state index in [0.29, 0.717) is 13.1 Å². The van der Waals surface area contributed by atoms with Gasteiger partial charge in [0.05, 0.1) is 0 Å². The summed E-state index contributed by atoms with van der Waals surface area (Å²) in [4.78, 5) is 26.2. The fraction of sp³-hybridized carbons (Fsp3) is 0.571. The van der Waals surface area contributed by atoms with Crippen LogP contribution in [0.3, 0.4) is 0 Å². The summed E-state index contributed by atoms with van der Waals surface area (Å²) in [6.07, 6.45) is 2.74. The van der Waals surface area contributed by atoms with Crippen LogP contribution >= 0.6 is 11.3 Å². The second kappa shape index (κ2) is 7.28. The molecule has 0 radical (unpaired) electrons. The van der Waals surface area contributed by atoms with Gasteiger partial charge in [-0.3, -0.25) is 4.79 Å². The quantitative estimate of drug-likeness (QED) is 0.886. The summed E-state index contributed by atoms with van der Waals surface area (Å²) < 4.78 is 0. The topological polar surface area (TPSA) is 61.4 Å². The number of urea groups is 1. The Hall–Kier alpha value is -1.56. The summed E-state index contributed by atoms with van der Waals surface area (Å²) >= 11 is 1.70. The van der Waals surface area contributed by atoms with Crippen molar-refractivity contribution in [2.45, 2.75) is 32.2 Å². The van der Waals surface area contributed by atoms with Gasteiger partial charge in [-0.25, -0.2) is 4.79 Å². The lowest BCUT2D eigenvalue weighted by atomic mass is 10.1. The molecule has 1 aliphatic rings. The van der Waals surface area contributed by atoms with Gasteiger partial charge < -0.3 is 15.5 Å². The first-order chi connectivity index (χ1) is 9.65. The van der Waals surface area contributed by atoms with Gasteiger partial charge in [0, 0.05) is 37.5 Å². The molecule has 1 atom stereocenters. The molecule has 0 spiro atoms. The number of hydrogen-bond donors (Lipinski definition) is 2. The number of hydrogen-bond acceptors (Lipinski definition) is 3. The molecule has 5 nitrogen and oxygen atoms in total. The van der Waals surface area contributed by atoms with Crippen molar-refractivity contribution >= 4 is 23.3 Å². The summed E-state index contributed by atoms with van der Waals surface area (Å²) in [6, 6.07) is 4.15. The van der Waals surface area contributed by atoms with Crippen LogP contribution in [0.4, 0.5) is 4.79 Å². The largest absolute Gasteiger partial charge is 0.352 e. The third-order valence-corrected chi connectivity index (χ3v) is 4.28. The Morgan fingerprint density at radius 2 is 2.35 bits per heavy atom. The molecular weight excluding hydrogens is 274 g/mol. The second-order valence-corrected chi connectivity index (χ2v) is 6.08. The molecule has 2 heterocycles. The lowest BCUT2D eigenvalue weighted by molar-refractivity contribution is -0.119. The standard InChI is InChI=1S/C14H21N3O2S/c1-11(18)16-12-4-2-8-17(10-12)14(19)15-7-6-13-5-3-9-20-13/h3,5,9,12H,2,4,6-8,10H2,1H3,(H,15,19)(H,16,18)/t12-/m0/s1. The monoisotopic (exact) mass is 295 g/mol. The Balaban J connectivity index is 1.72. The van der Waals surface area contributed by atoms with Crippen LogP contribution < -0.4 is 10.6 Å². The lowest BCUT2D eigenvalue weighted by Crippen LogP contribution is -2.52. The third kappa shape index (κ3) is 4.52. The van der Waals surface area contributed by atoms with Crippen molar-refractivity contribution in [2.24, 2.45) is 0 Å². The number of carbonyl (C=O) groups is 2. The molecule has 3 amide bonds. The number of carbonyl (C=O) groups excluding carboxylic acids is 2. The molecule has 1 saturated heterocycles. The van der Waals surface area contributed by atoms with E-state index in [-0.39, 0.29) is 18.0 Å². The van der Waals surface area contributed by atoms with E-state index in [1.807, 2.05) is 11.4 Å². The highest BCUT2D eigenvalue weighted by Crippen LogP contribution is 2.11. The van der Waals surface area contributed by atoms with Gasteiger partial charge in [0.1, 0.15) is 0 Å². The van der Waals surface area contributed by atoms with E-state index in [1.165, 1.54) is 11.8 Å². The number of nitrogens with zero attached hydrogens (tertiary/aromatic N) is 1. The Kier molecular flexibility index (Phi) is 5.40. The van der Waals surface area contributed by atoms with Crippen LogP contribution in [0.2, 0.25) is 0 Å². The highest BCUT2D eigenvalue weighted by atomic mass is 32.1. The highest BCUT2D eigenvalue weighted by Gasteiger charge is 2.23. The lowest BCUT2D eigenvalue weighted by Gasteiger charge is -2.33. The highest BCUT2D eigenvalue weighted by molar-refractivity contribution is 7.09. The first kappa shape index (κ1) is 14.8. The molecule has 20 heavy (non-hydrogen) atoms. The zero-order valence-electron chi connectivity index (χ0n) is 11.7. The number of nitrogens with one attached hydrogen (secondary N) is 2. The van der Waals surface area contributed by atoms with Gasteiger partial charge in [-0.15, -0.1) is 11.3 Å². The molecule has 0 aliphatic carbocycles. The van der Waals surface area contributed by atoms with Crippen LogP contribution in [0.5, 0.6) is 0 Å². The Bertz CT molecular complexity index is 447. The molecular formula is C14H21N3O2S. The Morgan fingerprint density at radius 3 is 3.05 bits per heavy atom. The first-order valence-corrected chi connectivity index (χ1v) is 7.85. The maximum atomic E-state index is 12.1. The molecule has 2 rings (SSSR count). The van der Waals surface area contributed by atoms with Gasteiger partial charge in [-0.1, -0.05) is 6.07 Å². The molecule has 0 unspecified atom stereocenters. The fourth-order valence-corrected chi connectivity index (χ4v) is 3.14. The first-order valence-electron chi connectivity index (χ1n) is 6.97. The van der Waals surface area contributed by atoms with Crippen LogP contribution in [0.25, 0.3) is 0 Å². The Morgan fingerprint density at radius 1 is 1.50 bits per heavy atom. The number of thiophene rings is 1. The van der Waals surface area contributed by atoms with Gasteiger partial charge in [-0.2, -0.15) is 0 Å². The minimum Gasteiger partial charge on any atom is -0.352 e.